The van der Waals surface area contributed by atoms with E-state index in [1.54, 1.807) is 43.3 Å². The van der Waals surface area contributed by atoms with Crippen molar-refractivity contribution >= 4 is 35.2 Å². The van der Waals surface area contributed by atoms with Gasteiger partial charge in [0.25, 0.3) is 5.91 Å². The summed E-state index contributed by atoms with van der Waals surface area (Å²) in [7, 11) is 1.50. The zero-order valence-electron chi connectivity index (χ0n) is 18.9. The first-order chi connectivity index (χ1) is 15.8. The van der Waals surface area contributed by atoms with Gasteiger partial charge in [-0.25, -0.2) is 14.5 Å². The minimum absolute atomic E-state index is 0.166. The van der Waals surface area contributed by atoms with Crippen molar-refractivity contribution in [3.05, 3.63) is 59.7 Å². The van der Waals surface area contributed by atoms with Crippen molar-refractivity contribution in [1.29, 1.82) is 0 Å². The number of rotatable bonds is 9. The van der Waals surface area contributed by atoms with E-state index < -0.39 is 29.9 Å². The molecular weight excluding hydrogens is 426 g/mol. The molecule has 1 aliphatic heterocycles. The summed E-state index contributed by atoms with van der Waals surface area (Å²) >= 11 is 0. The zero-order chi connectivity index (χ0) is 24.0. The quantitative estimate of drug-likeness (QED) is 0.462. The van der Waals surface area contributed by atoms with Crippen molar-refractivity contribution in [3.8, 4) is 0 Å². The summed E-state index contributed by atoms with van der Waals surface area (Å²) < 4.78 is 10.1. The van der Waals surface area contributed by atoms with Crippen LogP contribution < -0.4 is 10.2 Å². The molecule has 0 aromatic heterocycles. The maximum absolute atomic E-state index is 13.2. The van der Waals surface area contributed by atoms with E-state index in [9.17, 15) is 19.2 Å². The second-order valence-corrected chi connectivity index (χ2v) is 7.55. The molecule has 9 nitrogen and oxygen atoms in total. The number of imide groups is 1. The lowest BCUT2D eigenvalue weighted by Gasteiger charge is -2.21. The summed E-state index contributed by atoms with van der Waals surface area (Å²) in [5, 5.41) is 2.70. The minimum Gasteiger partial charge on any atom is -0.462 e. The Morgan fingerprint density at radius 1 is 1.09 bits per heavy atom. The standard InChI is InChI=1S/C24H27N3O6/c1-4-33-23(30)17-8-6-9-18(14-17)25-21(28)15-20-22(29)27(19-10-5-7-16(2)13-19)24(31)26(20)11-12-32-3/h5-10,13-14,20H,4,11-12,15H2,1-3H3,(H,25,28). The molecule has 1 N–H and O–H groups in total. The molecule has 9 heteroatoms. The third kappa shape index (κ3) is 5.56. The summed E-state index contributed by atoms with van der Waals surface area (Å²) in [4.78, 5) is 53.4. The van der Waals surface area contributed by atoms with Gasteiger partial charge >= 0.3 is 12.0 Å². The highest BCUT2D eigenvalue weighted by Crippen LogP contribution is 2.27. The van der Waals surface area contributed by atoms with Crippen molar-refractivity contribution < 1.29 is 28.7 Å². The highest BCUT2D eigenvalue weighted by molar-refractivity contribution is 6.22. The number of urea groups is 1. The number of carbonyl (C=O) groups excluding carboxylic acids is 4. The first-order valence-corrected chi connectivity index (χ1v) is 10.6. The van der Waals surface area contributed by atoms with Crippen molar-refractivity contribution in [2.24, 2.45) is 0 Å². The Bertz CT molecular complexity index is 1050. The van der Waals surface area contributed by atoms with Crippen molar-refractivity contribution in [1.82, 2.24) is 4.90 Å². The highest BCUT2D eigenvalue weighted by Gasteiger charge is 2.46. The molecule has 1 atom stereocenters. The Kier molecular flexibility index (Phi) is 7.78. The van der Waals surface area contributed by atoms with Crippen LogP contribution in [0.2, 0.25) is 0 Å². The molecule has 0 radical (unpaired) electrons. The van der Waals surface area contributed by atoms with Crippen LogP contribution in [0.5, 0.6) is 0 Å². The summed E-state index contributed by atoms with van der Waals surface area (Å²) in [6.07, 6.45) is -0.236. The number of ether oxygens (including phenoxy) is 2. The predicted octanol–water partition coefficient (Wildman–Crippen LogP) is 2.98. The number of esters is 1. The van der Waals surface area contributed by atoms with Gasteiger partial charge in [-0.2, -0.15) is 0 Å². The van der Waals surface area contributed by atoms with Crippen LogP contribution in [-0.4, -0.2) is 61.6 Å². The number of benzene rings is 2. The van der Waals surface area contributed by atoms with Gasteiger partial charge in [-0.3, -0.25) is 9.59 Å². The molecule has 3 rings (SSSR count). The average molecular weight is 453 g/mol. The Morgan fingerprint density at radius 3 is 2.55 bits per heavy atom. The third-order valence-corrected chi connectivity index (χ3v) is 5.15. The fourth-order valence-electron chi connectivity index (χ4n) is 3.61. The molecular formula is C24H27N3O6. The smallest absolute Gasteiger partial charge is 0.338 e. The van der Waals surface area contributed by atoms with E-state index in [1.807, 2.05) is 13.0 Å². The van der Waals surface area contributed by atoms with E-state index >= 15 is 0 Å². The van der Waals surface area contributed by atoms with Gasteiger partial charge in [-0.1, -0.05) is 18.2 Å². The van der Waals surface area contributed by atoms with Gasteiger partial charge in [0, 0.05) is 19.3 Å². The molecule has 1 fully saturated rings. The number of hydrogen-bond donors (Lipinski definition) is 1. The molecule has 0 aliphatic carbocycles. The van der Waals surface area contributed by atoms with Crippen LogP contribution >= 0.6 is 0 Å². The molecule has 174 valence electrons. The molecule has 2 aromatic carbocycles. The lowest BCUT2D eigenvalue weighted by Crippen LogP contribution is -2.39. The number of nitrogens with zero attached hydrogens (tertiary/aromatic N) is 2. The Morgan fingerprint density at radius 2 is 1.85 bits per heavy atom. The lowest BCUT2D eigenvalue weighted by molar-refractivity contribution is -0.124. The number of methoxy groups -OCH3 is 1. The number of anilines is 2. The minimum atomic E-state index is -0.971. The normalized spacial score (nSPS) is 15.7. The maximum atomic E-state index is 13.2. The number of nitrogens with one attached hydrogen (secondary N) is 1. The summed E-state index contributed by atoms with van der Waals surface area (Å²) in [5.41, 5.74) is 2.05. The highest BCUT2D eigenvalue weighted by atomic mass is 16.5. The predicted molar refractivity (Wildman–Crippen MR) is 122 cm³/mol. The van der Waals surface area contributed by atoms with Crippen molar-refractivity contribution in [2.75, 3.05) is 37.1 Å². The van der Waals surface area contributed by atoms with Gasteiger partial charge in [-0.15, -0.1) is 0 Å². The first-order valence-electron chi connectivity index (χ1n) is 10.6. The van der Waals surface area contributed by atoms with Crippen LogP contribution in [0.15, 0.2) is 48.5 Å². The number of hydrogen-bond acceptors (Lipinski definition) is 6. The molecule has 33 heavy (non-hydrogen) atoms. The van der Waals surface area contributed by atoms with Crippen LogP contribution in [-0.2, 0) is 19.1 Å². The van der Waals surface area contributed by atoms with Gasteiger partial charge in [0.2, 0.25) is 5.91 Å². The molecule has 4 amide bonds. The van der Waals surface area contributed by atoms with Gasteiger partial charge in [-0.05, 0) is 49.7 Å². The van der Waals surface area contributed by atoms with Gasteiger partial charge in [0.1, 0.15) is 6.04 Å². The summed E-state index contributed by atoms with van der Waals surface area (Å²) in [5.74, 6) is -1.43. The van der Waals surface area contributed by atoms with Gasteiger partial charge < -0.3 is 19.7 Å². The first kappa shape index (κ1) is 23.9. The average Bonchev–Trinajstić information content (AvgIpc) is 3.01. The maximum Gasteiger partial charge on any atom is 0.338 e. The second kappa shape index (κ2) is 10.7. The Labute approximate surface area is 192 Å². The lowest BCUT2D eigenvalue weighted by atomic mass is 10.1. The number of aryl methyl sites for hydroxylation is 1. The van der Waals surface area contributed by atoms with E-state index in [0.29, 0.717) is 16.9 Å². The van der Waals surface area contributed by atoms with Crippen LogP contribution in [0, 0.1) is 6.92 Å². The van der Waals surface area contributed by atoms with Crippen LogP contribution in [0.1, 0.15) is 29.3 Å². The second-order valence-electron chi connectivity index (χ2n) is 7.55. The van der Waals surface area contributed by atoms with Crippen LogP contribution in [0.25, 0.3) is 0 Å². The fraction of sp³-hybridized carbons (Fsp3) is 0.333. The van der Waals surface area contributed by atoms with Gasteiger partial charge in [0.05, 0.1) is 30.9 Å². The zero-order valence-corrected chi connectivity index (χ0v) is 18.9. The fourth-order valence-corrected chi connectivity index (χ4v) is 3.61. The third-order valence-electron chi connectivity index (χ3n) is 5.15. The molecule has 0 saturated carbocycles. The van der Waals surface area contributed by atoms with Crippen LogP contribution in [0.3, 0.4) is 0 Å². The molecule has 1 heterocycles. The van der Waals surface area contributed by atoms with Crippen molar-refractivity contribution in [3.63, 3.8) is 0 Å². The van der Waals surface area contributed by atoms with Crippen LogP contribution in [0.4, 0.5) is 16.2 Å². The number of amides is 4. The molecule has 0 bridgehead atoms. The molecule has 1 unspecified atom stereocenters. The topological polar surface area (TPSA) is 105 Å². The Balaban J connectivity index is 1.78. The van der Waals surface area contributed by atoms with Gasteiger partial charge in [0.15, 0.2) is 0 Å². The van der Waals surface area contributed by atoms with E-state index in [0.717, 1.165) is 10.5 Å². The van der Waals surface area contributed by atoms with E-state index in [2.05, 4.69) is 5.32 Å². The van der Waals surface area contributed by atoms with E-state index in [4.69, 9.17) is 9.47 Å². The van der Waals surface area contributed by atoms with E-state index in [1.165, 1.54) is 18.1 Å². The Hall–Kier alpha value is -3.72. The molecule has 1 saturated heterocycles. The summed E-state index contributed by atoms with van der Waals surface area (Å²) in [6, 6.07) is 11.9. The van der Waals surface area contributed by atoms with E-state index in [-0.39, 0.29) is 26.2 Å². The van der Waals surface area contributed by atoms with Crippen molar-refractivity contribution in [2.45, 2.75) is 26.3 Å². The molecule has 0 spiro atoms. The number of carbonyl (C=O) groups is 4. The largest absolute Gasteiger partial charge is 0.462 e. The summed E-state index contributed by atoms with van der Waals surface area (Å²) in [6.45, 7) is 4.20. The molecule has 2 aromatic rings. The molecule has 1 aliphatic rings. The monoisotopic (exact) mass is 453 g/mol. The SMILES string of the molecule is CCOC(=O)c1cccc(NC(=O)CC2C(=O)N(c3cccc(C)c3)C(=O)N2CCOC)c1.